The minimum Gasteiger partial charge on any atom is -0.352 e. The molecule has 0 unspecified atom stereocenters. The fourth-order valence-electron chi connectivity index (χ4n) is 3.49. The van der Waals surface area contributed by atoms with Crippen molar-refractivity contribution in [3.8, 4) is 0 Å². The Morgan fingerprint density at radius 1 is 0.897 bits per heavy atom. The van der Waals surface area contributed by atoms with Gasteiger partial charge in [0.1, 0.15) is 0 Å². The maximum absolute atomic E-state index is 13.0. The van der Waals surface area contributed by atoms with Crippen molar-refractivity contribution in [2.45, 2.75) is 18.9 Å². The molecule has 29 heavy (non-hydrogen) atoms. The van der Waals surface area contributed by atoms with E-state index >= 15 is 0 Å². The fraction of sp³-hybridized carbons (Fsp3) is 0.273. The zero-order valence-electron chi connectivity index (χ0n) is 16.0. The van der Waals surface area contributed by atoms with Crippen LogP contribution in [0.1, 0.15) is 44.7 Å². The van der Waals surface area contributed by atoms with Gasteiger partial charge in [0.2, 0.25) is 11.8 Å². The molecule has 2 aromatic rings. The number of hydrogen-bond acceptors (Lipinski definition) is 5. The lowest BCUT2D eigenvalue weighted by molar-refractivity contribution is -0.123. The average molecular weight is 391 g/mol. The third-order valence-electron chi connectivity index (χ3n) is 5.00. The third-order valence-corrected chi connectivity index (χ3v) is 5.00. The van der Waals surface area contributed by atoms with Gasteiger partial charge < -0.3 is 10.6 Å². The van der Waals surface area contributed by atoms with Gasteiger partial charge in [-0.1, -0.05) is 36.4 Å². The predicted molar refractivity (Wildman–Crippen MR) is 107 cm³/mol. The molecule has 1 fully saturated rings. The highest BCUT2D eigenvalue weighted by Crippen LogP contribution is 2.31. The number of nitrogens with one attached hydrogen (secondary N) is 2. The Morgan fingerprint density at radius 2 is 1.52 bits per heavy atom. The topological polar surface area (TPSA) is 95.6 Å². The van der Waals surface area contributed by atoms with E-state index in [-0.39, 0.29) is 53.6 Å². The smallest absolute Gasteiger partial charge is 0.238 e. The van der Waals surface area contributed by atoms with E-state index in [1.807, 2.05) is 0 Å². The van der Waals surface area contributed by atoms with Crippen LogP contribution in [0.3, 0.4) is 0 Å². The van der Waals surface area contributed by atoms with E-state index in [0.29, 0.717) is 16.8 Å². The molecule has 148 valence electrons. The van der Waals surface area contributed by atoms with Gasteiger partial charge in [-0.15, -0.1) is 0 Å². The number of ketones is 2. The van der Waals surface area contributed by atoms with Crippen molar-refractivity contribution in [3.05, 3.63) is 64.7 Å². The largest absolute Gasteiger partial charge is 0.352 e. The van der Waals surface area contributed by atoms with Crippen LogP contribution in [-0.4, -0.2) is 54.5 Å². The number of benzene rings is 2. The second-order valence-corrected chi connectivity index (χ2v) is 7.49. The van der Waals surface area contributed by atoms with Crippen molar-refractivity contribution in [2.24, 2.45) is 0 Å². The first kappa shape index (κ1) is 19.0. The lowest BCUT2D eigenvalue weighted by atomic mass is 9.83. The monoisotopic (exact) mass is 391 g/mol. The molecule has 1 saturated carbocycles. The molecule has 0 atom stereocenters. The summed E-state index contributed by atoms with van der Waals surface area (Å²) in [5, 5.41) is 5.60. The van der Waals surface area contributed by atoms with Gasteiger partial charge in [-0.3, -0.25) is 24.1 Å². The van der Waals surface area contributed by atoms with Gasteiger partial charge in [-0.25, -0.2) is 0 Å². The van der Waals surface area contributed by atoms with Crippen molar-refractivity contribution in [2.75, 3.05) is 25.5 Å². The summed E-state index contributed by atoms with van der Waals surface area (Å²) < 4.78 is 0. The van der Waals surface area contributed by atoms with Gasteiger partial charge in [-0.05, 0) is 26.0 Å². The predicted octanol–water partition coefficient (Wildman–Crippen LogP) is 1.61. The fourth-order valence-corrected chi connectivity index (χ4v) is 3.49. The molecule has 0 saturated heterocycles. The minimum absolute atomic E-state index is 0.0134. The number of carbonyl (C=O) groups excluding carboxylic acids is 4. The standard InChI is InChI=1S/C22H21N3O4/c1-25(11-18(26)23-13-9-10-13)12-19(27)24-17-8-4-7-16-20(17)22(29)15-6-3-2-5-14(15)21(16)28/h2-8,13H,9-12H2,1H3,(H,23,26)(H,24,27). The first-order valence-corrected chi connectivity index (χ1v) is 9.53. The van der Waals surface area contributed by atoms with Crippen LogP contribution in [0.5, 0.6) is 0 Å². The summed E-state index contributed by atoms with van der Waals surface area (Å²) in [4.78, 5) is 51.7. The molecule has 0 heterocycles. The maximum Gasteiger partial charge on any atom is 0.238 e. The summed E-state index contributed by atoms with van der Waals surface area (Å²) in [6.45, 7) is 0.0993. The molecule has 0 bridgehead atoms. The quantitative estimate of drug-likeness (QED) is 0.666. The van der Waals surface area contributed by atoms with Gasteiger partial charge in [-0.2, -0.15) is 0 Å². The van der Waals surface area contributed by atoms with E-state index in [9.17, 15) is 19.2 Å². The van der Waals surface area contributed by atoms with Crippen LogP contribution in [0.25, 0.3) is 0 Å². The van der Waals surface area contributed by atoms with E-state index in [1.54, 1.807) is 54.4 Å². The highest BCUT2D eigenvalue weighted by atomic mass is 16.2. The summed E-state index contributed by atoms with van der Waals surface area (Å²) in [7, 11) is 1.68. The lowest BCUT2D eigenvalue weighted by Gasteiger charge is -2.21. The number of hydrogen-bond donors (Lipinski definition) is 2. The Kier molecular flexibility index (Phi) is 4.98. The number of amides is 2. The first-order valence-electron chi connectivity index (χ1n) is 9.53. The van der Waals surface area contributed by atoms with Crippen LogP contribution >= 0.6 is 0 Å². The van der Waals surface area contributed by atoms with Crippen LogP contribution in [0.2, 0.25) is 0 Å². The Balaban J connectivity index is 1.48. The summed E-state index contributed by atoms with van der Waals surface area (Å²) in [5.41, 5.74) is 1.49. The molecule has 7 heteroatoms. The van der Waals surface area contributed by atoms with Gasteiger partial charge in [0.25, 0.3) is 0 Å². The zero-order chi connectivity index (χ0) is 20.5. The van der Waals surface area contributed by atoms with E-state index in [4.69, 9.17) is 0 Å². The Hall–Kier alpha value is -3.32. The second kappa shape index (κ2) is 7.60. The molecule has 2 aliphatic carbocycles. The summed E-state index contributed by atoms with van der Waals surface area (Å²) >= 11 is 0. The highest BCUT2D eigenvalue weighted by molar-refractivity contribution is 6.30. The van der Waals surface area contributed by atoms with E-state index in [2.05, 4.69) is 10.6 Å². The number of anilines is 1. The Morgan fingerprint density at radius 3 is 2.21 bits per heavy atom. The normalized spacial score (nSPS) is 15.0. The van der Waals surface area contributed by atoms with E-state index in [1.165, 1.54) is 0 Å². The van der Waals surface area contributed by atoms with Gasteiger partial charge in [0, 0.05) is 22.7 Å². The van der Waals surface area contributed by atoms with Crippen LogP contribution in [0.4, 0.5) is 5.69 Å². The molecule has 0 radical (unpaired) electrons. The Labute approximate surface area is 168 Å². The molecule has 2 amide bonds. The van der Waals surface area contributed by atoms with E-state index in [0.717, 1.165) is 12.8 Å². The Bertz CT molecular complexity index is 1030. The van der Waals surface area contributed by atoms with Crippen molar-refractivity contribution >= 4 is 29.1 Å². The summed E-state index contributed by atoms with van der Waals surface area (Å²) in [6, 6.07) is 11.8. The molecule has 7 nitrogen and oxygen atoms in total. The van der Waals surface area contributed by atoms with Gasteiger partial charge in [0.05, 0.1) is 24.3 Å². The molecule has 2 aliphatic rings. The minimum atomic E-state index is -0.362. The molecule has 2 aromatic carbocycles. The molecule has 2 N–H and O–H groups in total. The molecular formula is C22H21N3O4. The van der Waals surface area contributed by atoms with Gasteiger partial charge >= 0.3 is 0 Å². The average Bonchev–Trinajstić information content (AvgIpc) is 3.49. The van der Waals surface area contributed by atoms with Crippen molar-refractivity contribution in [3.63, 3.8) is 0 Å². The van der Waals surface area contributed by atoms with E-state index < -0.39 is 0 Å². The summed E-state index contributed by atoms with van der Waals surface area (Å²) in [6.07, 6.45) is 2.01. The number of carbonyl (C=O) groups is 4. The number of rotatable bonds is 6. The van der Waals surface area contributed by atoms with Crippen LogP contribution in [0.15, 0.2) is 42.5 Å². The molecular weight excluding hydrogens is 370 g/mol. The van der Waals surface area contributed by atoms with Crippen molar-refractivity contribution in [1.29, 1.82) is 0 Å². The second-order valence-electron chi connectivity index (χ2n) is 7.49. The molecule has 0 aliphatic heterocycles. The number of fused-ring (bicyclic) bond motifs is 2. The molecule has 0 aromatic heterocycles. The van der Waals surface area contributed by atoms with Gasteiger partial charge in [0.15, 0.2) is 11.6 Å². The van der Waals surface area contributed by atoms with Crippen molar-refractivity contribution < 1.29 is 19.2 Å². The lowest BCUT2D eigenvalue weighted by Crippen LogP contribution is -2.39. The molecule has 0 spiro atoms. The zero-order valence-corrected chi connectivity index (χ0v) is 16.0. The maximum atomic E-state index is 13.0. The third kappa shape index (κ3) is 3.95. The van der Waals surface area contributed by atoms with Crippen LogP contribution < -0.4 is 10.6 Å². The molecule has 4 rings (SSSR count). The van der Waals surface area contributed by atoms with Crippen LogP contribution in [-0.2, 0) is 9.59 Å². The van der Waals surface area contributed by atoms with Crippen molar-refractivity contribution in [1.82, 2.24) is 10.2 Å². The highest BCUT2D eigenvalue weighted by Gasteiger charge is 2.31. The first-order chi connectivity index (χ1) is 13.9. The van der Waals surface area contributed by atoms with Crippen LogP contribution in [0, 0.1) is 0 Å². The number of likely N-dealkylation sites (N-methyl/N-ethyl adjacent to an activating group) is 1. The number of nitrogens with zero attached hydrogens (tertiary/aromatic N) is 1. The SMILES string of the molecule is CN(CC(=O)Nc1cccc2c1C(=O)c1ccccc1C2=O)CC(=O)NC1CC1. The summed E-state index contributed by atoms with van der Waals surface area (Å²) in [5.74, 6) is -1.00.